The number of nitrogens with zero attached hydrogens (tertiary/aromatic N) is 1. The van der Waals surface area contributed by atoms with E-state index < -0.39 is 0 Å². The van der Waals surface area contributed by atoms with E-state index in [0.29, 0.717) is 10.6 Å². The van der Waals surface area contributed by atoms with Crippen molar-refractivity contribution >= 4 is 40.3 Å². The normalized spacial score (nSPS) is 17.3. The smallest absolute Gasteiger partial charge is 0.289 e. The van der Waals surface area contributed by atoms with Crippen LogP contribution in [0.3, 0.4) is 0 Å². The predicted molar refractivity (Wildman–Crippen MR) is 67.9 cm³/mol. The van der Waals surface area contributed by atoms with Crippen LogP contribution in [0.2, 0.25) is 0 Å². The fourth-order valence-corrected chi connectivity index (χ4v) is 2.26. The van der Waals surface area contributed by atoms with Crippen LogP contribution in [0.4, 0.5) is 4.79 Å². The number of nitrogens with one attached hydrogen (secondary N) is 1. The molecule has 1 aliphatic rings. The molecule has 0 unspecified atom stereocenters. The van der Waals surface area contributed by atoms with Crippen LogP contribution < -0.4 is 5.32 Å². The molecule has 1 aromatic rings. The minimum atomic E-state index is -0.148. The average Bonchev–Trinajstić information content (AvgIpc) is 2.59. The molecular weight excluding hydrogens is 240 g/mol. The van der Waals surface area contributed by atoms with Gasteiger partial charge in [0, 0.05) is 0 Å². The Morgan fingerprint density at radius 1 is 1.38 bits per heavy atom. The van der Waals surface area contributed by atoms with Gasteiger partial charge in [0.1, 0.15) is 4.99 Å². The first-order valence-corrected chi connectivity index (χ1v) is 5.66. The van der Waals surface area contributed by atoms with Crippen LogP contribution in [0.5, 0.6) is 0 Å². The van der Waals surface area contributed by atoms with E-state index in [0.717, 1.165) is 22.2 Å². The van der Waals surface area contributed by atoms with Crippen LogP contribution >= 0.6 is 24.0 Å². The summed E-state index contributed by atoms with van der Waals surface area (Å²) in [4.78, 5) is 12.2. The Morgan fingerprint density at radius 3 is 2.56 bits per heavy atom. The Hall–Kier alpha value is -1.64. The van der Waals surface area contributed by atoms with Crippen LogP contribution in [0.1, 0.15) is 11.1 Å². The number of rotatable bonds is 1. The molecule has 0 atom stereocenters. The minimum Gasteiger partial charge on any atom is -0.307 e. The summed E-state index contributed by atoms with van der Waals surface area (Å²) in [5.74, 6) is 0. The molecule has 0 saturated carbocycles. The third-order valence-electron chi connectivity index (χ3n) is 1.98. The standard InChI is InChI=1S/C11H6N2OS2/c12-6-8-3-1-7(2-4-8)5-9-10(15)13-11(14)16-9/h1-5H,(H,13,14,15)/b9-5+. The molecule has 0 bridgehead atoms. The van der Waals surface area contributed by atoms with Crippen molar-refractivity contribution in [3.05, 3.63) is 40.3 Å². The molecule has 1 saturated heterocycles. The van der Waals surface area contributed by atoms with Gasteiger partial charge in [-0.05, 0) is 35.5 Å². The summed E-state index contributed by atoms with van der Waals surface area (Å²) in [6.45, 7) is 0. The largest absolute Gasteiger partial charge is 0.307 e. The maximum atomic E-state index is 11.0. The molecule has 0 aliphatic carbocycles. The van der Waals surface area contributed by atoms with E-state index in [4.69, 9.17) is 17.5 Å². The van der Waals surface area contributed by atoms with E-state index in [1.54, 1.807) is 12.1 Å². The van der Waals surface area contributed by atoms with Gasteiger partial charge in [-0.3, -0.25) is 4.79 Å². The van der Waals surface area contributed by atoms with Gasteiger partial charge in [-0.25, -0.2) is 0 Å². The summed E-state index contributed by atoms with van der Waals surface area (Å²) >= 11 is 6.08. The molecule has 1 aliphatic heterocycles. The van der Waals surface area contributed by atoms with Crippen molar-refractivity contribution in [3.63, 3.8) is 0 Å². The molecule has 1 amide bonds. The molecular formula is C11H6N2OS2. The summed E-state index contributed by atoms with van der Waals surface area (Å²) in [6.07, 6.45) is 1.83. The first-order chi connectivity index (χ1) is 7.69. The molecule has 78 valence electrons. The zero-order valence-corrected chi connectivity index (χ0v) is 9.69. The van der Waals surface area contributed by atoms with Gasteiger partial charge >= 0.3 is 0 Å². The van der Waals surface area contributed by atoms with Crippen molar-refractivity contribution < 1.29 is 4.79 Å². The molecule has 2 rings (SSSR count). The zero-order chi connectivity index (χ0) is 11.5. The molecule has 0 aromatic heterocycles. The fourth-order valence-electron chi connectivity index (χ4n) is 1.23. The van der Waals surface area contributed by atoms with E-state index >= 15 is 0 Å². The first kappa shape index (κ1) is 10.9. The van der Waals surface area contributed by atoms with Crippen molar-refractivity contribution in [3.8, 4) is 6.07 Å². The summed E-state index contributed by atoms with van der Waals surface area (Å²) in [5.41, 5.74) is 1.53. The van der Waals surface area contributed by atoms with Gasteiger partial charge in [0.2, 0.25) is 0 Å². The number of carbonyl (C=O) groups excluding carboxylic acids is 1. The van der Waals surface area contributed by atoms with Crippen molar-refractivity contribution in [2.45, 2.75) is 0 Å². The Balaban J connectivity index is 2.26. The topological polar surface area (TPSA) is 52.9 Å². The highest BCUT2D eigenvalue weighted by molar-refractivity contribution is 8.19. The van der Waals surface area contributed by atoms with Crippen LogP contribution in [0.25, 0.3) is 6.08 Å². The van der Waals surface area contributed by atoms with Gasteiger partial charge in [-0.1, -0.05) is 24.4 Å². The Labute approximate surface area is 102 Å². The van der Waals surface area contributed by atoms with E-state index in [1.165, 1.54) is 0 Å². The van der Waals surface area contributed by atoms with Gasteiger partial charge in [-0.15, -0.1) is 0 Å². The van der Waals surface area contributed by atoms with Gasteiger partial charge < -0.3 is 5.32 Å². The van der Waals surface area contributed by atoms with E-state index in [1.807, 2.05) is 24.3 Å². The molecule has 5 heteroatoms. The molecule has 0 radical (unpaired) electrons. The third-order valence-corrected chi connectivity index (χ3v) is 3.26. The van der Waals surface area contributed by atoms with E-state index in [-0.39, 0.29) is 5.24 Å². The van der Waals surface area contributed by atoms with Crippen LogP contribution in [0.15, 0.2) is 29.2 Å². The summed E-state index contributed by atoms with van der Waals surface area (Å²) in [5, 5.41) is 11.0. The quantitative estimate of drug-likeness (QED) is 0.611. The lowest BCUT2D eigenvalue weighted by atomic mass is 10.1. The first-order valence-electron chi connectivity index (χ1n) is 4.44. The highest BCUT2D eigenvalue weighted by Gasteiger charge is 2.21. The SMILES string of the molecule is N#Cc1ccc(/C=C2/SC(=O)NC2=S)cc1. The molecule has 3 nitrogen and oxygen atoms in total. The average molecular weight is 246 g/mol. The van der Waals surface area contributed by atoms with Gasteiger partial charge in [0.15, 0.2) is 0 Å². The number of nitriles is 1. The maximum Gasteiger partial charge on any atom is 0.289 e. The second-order valence-electron chi connectivity index (χ2n) is 3.09. The zero-order valence-electron chi connectivity index (χ0n) is 8.06. The highest BCUT2D eigenvalue weighted by Crippen LogP contribution is 2.26. The van der Waals surface area contributed by atoms with E-state index in [2.05, 4.69) is 5.32 Å². The molecule has 1 heterocycles. The number of benzene rings is 1. The van der Waals surface area contributed by atoms with Gasteiger partial charge in [-0.2, -0.15) is 5.26 Å². The number of hydrogen-bond acceptors (Lipinski definition) is 4. The molecule has 1 fully saturated rings. The summed E-state index contributed by atoms with van der Waals surface area (Å²) < 4.78 is 0. The van der Waals surface area contributed by atoms with Crippen LogP contribution in [-0.2, 0) is 0 Å². The predicted octanol–water partition coefficient (Wildman–Crippen LogP) is 2.68. The second kappa shape index (κ2) is 4.47. The summed E-state index contributed by atoms with van der Waals surface area (Å²) in [7, 11) is 0. The van der Waals surface area contributed by atoms with Crippen molar-refractivity contribution in [2.75, 3.05) is 0 Å². The number of hydrogen-bond donors (Lipinski definition) is 1. The number of thiocarbonyl (C=S) groups is 1. The highest BCUT2D eigenvalue weighted by atomic mass is 32.2. The van der Waals surface area contributed by atoms with Crippen LogP contribution in [0, 0.1) is 11.3 Å². The molecule has 1 N–H and O–H groups in total. The molecule has 16 heavy (non-hydrogen) atoms. The maximum absolute atomic E-state index is 11.0. The van der Waals surface area contributed by atoms with Gasteiger partial charge in [0.25, 0.3) is 5.24 Å². The minimum absolute atomic E-state index is 0.148. The summed E-state index contributed by atoms with van der Waals surface area (Å²) in [6, 6.07) is 9.13. The third kappa shape index (κ3) is 2.30. The number of carbonyl (C=O) groups is 1. The monoisotopic (exact) mass is 246 g/mol. The number of thioether (sulfide) groups is 1. The van der Waals surface area contributed by atoms with Gasteiger partial charge in [0.05, 0.1) is 16.5 Å². The second-order valence-corrected chi connectivity index (χ2v) is 4.51. The fraction of sp³-hybridized carbons (Fsp3) is 0. The lowest BCUT2D eigenvalue weighted by molar-refractivity contribution is 0.265. The molecule has 0 spiro atoms. The Bertz CT molecular complexity index is 526. The van der Waals surface area contributed by atoms with Crippen molar-refractivity contribution in [2.24, 2.45) is 0 Å². The Morgan fingerprint density at radius 2 is 2.06 bits per heavy atom. The van der Waals surface area contributed by atoms with Crippen LogP contribution in [-0.4, -0.2) is 10.2 Å². The van der Waals surface area contributed by atoms with Crippen molar-refractivity contribution in [1.29, 1.82) is 5.26 Å². The number of amides is 1. The Kier molecular flexibility index (Phi) is 3.04. The van der Waals surface area contributed by atoms with Crippen molar-refractivity contribution in [1.82, 2.24) is 5.32 Å². The molecule has 1 aromatic carbocycles. The lowest BCUT2D eigenvalue weighted by Gasteiger charge is -1.96. The van der Waals surface area contributed by atoms with E-state index in [9.17, 15) is 4.79 Å². The lowest BCUT2D eigenvalue weighted by Crippen LogP contribution is -2.15.